The third kappa shape index (κ3) is 4.73. The van der Waals surface area contributed by atoms with Gasteiger partial charge in [-0.3, -0.25) is 15.5 Å². The fourth-order valence-electron chi connectivity index (χ4n) is 1.67. The predicted molar refractivity (Wildman–Crippen MR) is 74.3 cm³/mol. The van der Waals surface area contributed by atoms with Crippen LogP contribution in [0.15, 0.2) is 23.3 Å². The molecule has 1 rings (SSSR count). The maximum atomic E-state index is 12.5. The fraction of sp³-hybridized carbons (Fsp3) is 0.462. The van der Waals surface area contributed by atoms with E-state index in [1.807, 2.05) is 13.8 Å². The summed E-state index contributed by atoms with van der Waals surface area (Å²) < 4.78 is 37.6. The second-order valence-corrected chi connectivity index (χ2v) is 4.45. The van der Waals surface area contributed by atoms with Crippen LogP contribution in [-0.2, 0) is 6.18 Å². The zero-order valence-electron chi connectivity index (χ0n) is 11.6. The summed E-state index contributed by atoms with van der Waals surface area (Å²) >= 11 is 0. The van der Waals surface area contributed by atoms with E-state index in [1.165, 1.54) is 0 Å². The van der Waals surface area contributed by atoms with Crippen LogP contribution < -0.4 is 5.43 Å². The summed E-state index contributed by atoms with van der Waals surface area (Å²) in [7, 11) is 0. The molecule has 0 spiro atoms. The number of nitro benzene ring substituents is 1. The molecule has 8 heteroatoms. The highest BCUT2D eigenvalue weighted by Gasteiger charge is 2.33. The molecule has 0 aliphatic carbocycles. The van der Waals surface area contributed by atoms with Gasteiger partial charge in [0, 0.05) is 12.3 Å². The first-order chi connectivity index (χ1) is 9.79. The van der Waals surface area contributed by atoms with E-state index in [9.17, 15) is 23.3 Å². The fourth-order valence-corrected chi connectivity index (χ4v) is 1.67. The highest BCUT2D eigenvalue weighted by atomic mass is 19.4. The van der Waals surface area contributed by atoms with Crippen LogP contribution in [0.1, 0.15) is 32.3 Å². The highest BCUT2D eigenvalue weighted by Crippen LogP contribution is 2.34. The SMILES string of the molecule is CCC(/C=N/Nc1ccc(C(F)(F)F)cc1[N+](=O)[O-])CC. The van der Waals surface area contributed by atoms with Crippen molar-refractivity contribution in [3.05, 3.63) is 33.9 Å². The minimum atomic E-state index is -4.62. The number of benzene rings is 1. The van der Waals surface area contributed by atoms with Crippen molar-refractivity contribution in [1.29, 1.82) is 0 Å². The molecule has 0 aliphatic rings. The Kier molecular flexibility index (Phi) is 5.69. The molecule has 0 aliphatic heterocycles. The summed E-state index contributed by atoms with van der Waals surface area (Å²) in [5.41, 5.74) is 0.632. The Morgan fingerprint density at radius 3 is 2.48 bits per heavy atom. The van der Waals surface area contributed by atoms with Crippen molar-refractivity contribution in [3.8, 4) is 0 Å². The molecule has 0 saturated carbocycles. The lowest BCUT2D eigenvalue weighted by atomic mass is 10.1. The lowest BCUT2D eigenvalue weighted by Crippen LogP contribution is -2.07. The lowest BCUT2D eigenvalue weighted by molar-refractivity contribution is -0.384. The largest absolute Gasteiger partial charge is 0.416 e. The van der Waals surface area contributed by atoms with Gasteiger partial charge in [0.2, 0.25) is 0 Å². The maximum Gasteiger partial charge on any atom is 0.416 e. The van der Waals surface area contributed by atoms with E-state index in [2.05, 4.69) is 10.5 Å². The average Bonchev–Trinajstić information content (AvgIpc) is 2.42. The summed E-state index contributed by atoms with van der Waals surface area (Å²) in [6.45, 7) is 3.95. The first-order valence-electron chi connectivity index (χ1n) is 6.44. The molecule has 0 fully saturated rings. The van der Waals surface area contributed by atoms with Crippen LogP contribution in [0.4, 0.5) is 24.5 Å². The van der Waals surface area contributed by atoms with Gasteiger partial charge in [0.15, 0.2) is 0 Å². The quantitative estimate of drug-likeness (QED) is 0.479. The van der Waals surface area contributed by atoms with Gasteiger partial charge >= 0.3 is 6.18 Å². The van der Waals surface area contributed by atoms with Crippen LogP contribution in [0, 0.1) is 16.0 Å². The molecular weight excluding hydrogens is 287 g/mol. The van der Waals surface area contributed by atoms with Crippen molar-refractivity contribution in [1.82, 2.24) is 0 Å². The number of nitrogens with zero attached hydrogens (tertiary/aromatic N) is 2. The molecule has 0 unspecified atom stereocenters. The molecule has 5 nitrogen and oxygen atoms in total. The van der Waals surface area contributed by atoms with Gasteiger partial charge in [-0.25, -0.2) is 0 Å². The normalized spacial score (nSPS) is 12.1. The summed E-state index contributed by atoms with van der Waals surface area (Å²) in [5.74, 6) is 0.214. The number of hydrogen-bond acceptors (Lipinski definition) is 4. The number of alkyl halides is 3. The molecule has 0 atom stereocenters. The molecule has 0 saturated heterocycles. The van der Waals surface area contributed by atoms with Gasteiger partial charge in [0.05, 0.1) is 10.5 Å². The molecule has 0 aromatic heterocycles. The highest BCUT2D eigenvalue weighted by molar-refractivity contribution is 5.66. The number of nitrogens with one attached hydrogen (secondary N) is 1. The van der Waals surface area contributed by atoms with Crippen molar-refractivity contribution in [3.63, 3.8) is 0 Å². The van der Waals surface area contributed by atoms with Crippen LogP contribution in [0.5, 0.6) is 0 Å². The van der Waals surface area contributed by atoms with Crippen LogP contribution in [0.25, 0.3) is 0 Å². The van der Waals surface area contributed by atoms with E-state index < -0.39 is 22.4 Å². The van der Waals surface area contributed by atoms with E-state index >= 15 is 0 Å². The number of hydrogen-bond donors (Lipinski definition) is 1. The number of nitro groups is 1. The molecule has 1 N–H and O–H groups in total. The Bertz CT molecular complexity index is 526. The molecule has 0 amide bonds. The van der Waals surface area contributed by atoms with E-state index in [4.69, 9.17) is 0 Å². The molecule has 21 heavy (non-hydrogen) atoms. The minimum absolute atomic E-state index is 0.0739. The van der Waals surface area contributed by atoms with Crippen molar-refractivity contribution in [2.24, 2.45) is 11.0 Å². The first kappa shape index (κ1) is 16.9. The van der Waals surface area contributed by atoms with E-state index in [0.717, 1.165) is 25.0 Å². The Labute approximate surface area is 120 Å². The second-order valence-electron chi connectivity index (χ2n) is 4.45. The second kappa shape index (κ2) is 7.05. The van der Waals surface area contributed by atoms with Crippen molar-refractivity contribution < 1.29 is 18.1 Å². The average molecular weight is 303 g/mol. The van der Waals surface area contributed by atoms with Crippen molar-refractivity contribution in [2.45, 2.75) is 32.9 Å². The van der Waals surface area contributed by atoms with E-state index in [1.54, 1.807) is 6.21 Å². The maximum absolute atomic E-state index is 12.5. The third-order valence-corrected chi connectivity index (χ3v) is 3.04. The van der Waals surface area contributed by atoms with Crippen LogP contribution in [0.2, 0.25) is 0 Å². The van der Waals surface area contributed by atoms with Crippen molar-refractivity contribution >= 4 is 17.6 Å². The third-order valence-electron chi connectivity index (χ3n) is 3.04. The van der Waals surface area contributed by atoms with Crippen LogP contribution >= 0.6 is 0 Å². The number of hydrazone groups is 1. The smallest absolute Gasteiger partial charge is 0.272 e. The summed E-state index contributed by atoms with van der Waals surface area (Å²) in [6, 6.07) is 2.28. The predicted octanol–water partition coefficient (Wildman–Crippen LogP) is 4.45. The molecule has 0 bridgehead atoms. The van der Waals surface area contributed by atoms with Gasteiger partial charge < -0.3 is 0 Å². The van der Waals surface area contributed by atoms with Gasteiger partial charge in [-0.05, 0) is 30.9 Å². The Balaban J connectivity index is 3.00. The standard InChI is InChI=1S/C13H16F3N3O2/c1-3-9(4-2)8-17-18-11-6-5-10(13(14,15)16)7-12(11)19(20)21/h5-9,18H,3-4H2,1-2H3/b17-8+. The Morgan fingerprint density at radius 2 is 2.00 bits per heavy atom. The first-order valence-corrected chi connectivity index (χ1v) is 6.44. The molecular formula is C13H16F3N3O2. The molecule has 1 aromatic carbocycles. The zero-order chi connectivity index (χ0) is 16.0. The molecule has 0 heterocycles. The molecule has 116 valence electrons. The minimum Gasteiger partial charge on any atom is -0.272 e. The van der Waals surface area contributed by atoms with Crippen molar-refractivity contribution in [2.75, 3.05) is 5.43 Å². The number of rotatable bonds is 6. The van der Waals surface area contributed by atoms with Gasteiger partial charge in [-0.1, -0.05) is 13.8 Å². The Morgan fingerprint density at radius 1 is 1.38 bits per heavy atom. The summed E-state index contributed by atoms with van der Waals surface area (Å²) in [4.78, 5) is 9.99. The van der Waals surface area contributed by atoms with Crippen LogP contribution in [-0.4, -0.2) is 11.1 Å². The molecule has 0 radical (unpaired) electrons. The van der Waals surface area contributed by atoms with Gasteiger partial charge in [0.25, 0.3) is 5.69 Å². The number of anilines is 1. The topological polar surface area (TPSA) is 67.5 Å². The van der Waals surface area contributed by atoms with E-state index in [-0.39, 0.29) is 11.6 Å². The molecule has 1 aromatic rings. The monoisotopic (exact) mass is 303 g/mol. The van der Waals surface area contributed by atoms with Gasteiger partial charge in [0.1, 0.15) is 5.69 Å². The van der Waals surface area contributed by atoms with Gasteiger partial charge in [-0.15, -0.1) is 0 Å². The van der Waals surface area contributed by atoms with Gasteiger partial charge in [-0.2, -0.15) is 18.3 Å². The van der Waals surface area contributed by atoms with Crippen LogP contribution in [0.3, 0.4) is 0 Å². The number of halogens is 3. The van der Waals surface area contributed by atoms with E-state index in [0.29, 0.717) is 6.07 Å². The summed E-state index contributed by atoms with van der Waals surface area (Å²) in [5, 5.41) is 14.7. The zero-order valence-corrected chi connectivity index (χ0v) is 11.6. The summed E-state index contributed by atoms with van der Waals surface area (Å²) in [6.07, 6.45) is -1.31. The lowest BCUT2D eigenvalue weighted by Gasteiger charge is -2.09. The Hall–Kier alpha value is -2.12.